The molecule has 1 saturated carbocycles. The van der Waals surface area contributed by atoms with Gasteiger partial charge in [-0.2, -0.15) is 0 Å². The first-order valence-corrected chi connectivity index (χ1v) is 11.7. The Balaban J connectivity index is 0.00000300. The number of hydrogen-bond donors (Lipinski definition) is 2. The predicted molar refractivity (Wildman–Crippen MR) is 121 cm³/mol. The molecule has 5 nitrogen and oxygen atoms in total. The Kier molecular flexibility index (Phi) is 8.52. The van der Waals surface area contributed by atoms with Crippen LogP contribution in [-0.2, 0) is 16.4 Å². The number of nitrogens with one attached hydrogen (secondary N) is 2. The Labute approximate surface area is 180 Å². The van der Waals surface area contributed by atoms with E-state index in [2.05, 4.69) is 10.6 Å². The number of methoxy groups -OCH3 is 1. The molecule has 3 rings (SSSR count). The highest BCUT2D eigenvalue weighted by atomic mass is 35.5. The summed E-state index contributed by atoms with van der Waals surface area (Å²) in [6, 6.07) is 14.1. The van der Waals surface area contributed by atoms with Gasteiger partial charge in [-0.3, -0.25) is 0 Å². The van der Waals surface area contributed by atoms with Gasteiger partial charge in [-0.15, -0.1) is 12.4 Å². The van der Waals surface area contributed by atoms with Crippen LogP contribution < -0.4 is 15.4 Å². The largest absolute Gasteiger partial charge is 0.496 e. The van der Waals surface area contributed by atoms with E-state index in [9.17, 15) is 8.42 Å². The Morgan fingerprint density at radius 1 is 1.03 bits per heavy atom. The Morgan fingerprint density at radius 2 is 1.69 bits per heavy atom. The molecule has 0 atom stereocenters. The van der Waals surface area contributed by atoms with Crippen molar-refractivity contribution in [3.63, 3.8) is 0 Å². The van der Waals surface area contributed by atoms with E-state index in [1.165, 1.54) is 19.1 Å². The highest BCUT2D eigenvalue weighted by Crippen LogP contribution is 2.31. The van der Waals surface area contributed by atoms with Gasteiger partial charge in [0.25, 0.3) is 0 Å². The molecule has 0 aliphatic heterocycles. The van der Waals surface area contributed by atoms with Crippen molar-refractivity contribution in [3.05, 3.63) is 48.0 Å². The fourth-order valence-corrected chi connectivity index (χ4v) is 4.86. The Morgan fingerprint density at radius 3 is 2.31 bits per heavy atom. The van der Waals surface area contributed by atoms with Crippen LogP contribution in [0.1, 0.15) is 31.2 Å². The predicted octanol–water partition coefficient (Wildman–Crippen LogP) is 3.81. The SMILES string of the molecule is CNC1CCC(NCc2cc(-c3ccccc3S(C)(=O)=O)ccc2OC)CC1.Cl. The standard InChI is InChI=1S/C22H30N2O3S.ClH/c1-23-18-9-11-19(12-10-18)24-15-17-14-16(8-13-21(17)27-2)20-6-4-5-7-22(20)28(3,25)26;/h4-8,13-14,18-19,23-24H,9-12,15H2,1-3H3;1H. The van der Waals surface area contributed by atoms with E-state index in [-0.39, 0.29) is 12.4 Å². The molecule has 0 heterocycles. The van der Waals surface area contributed by atoms with Crippen molar-refractivity contribution >= 4 is 22.2 Å². The highest BCUT2D eigenvalue weighted by molar-refractivity contribution is 7.90. The highest BCUT2D eigenvalue weighted by Gasteiger charge is 2.20. The number of ether oxygens (including phenoxy) is 1. The molecule has 0 spiro atoms. The summed E-state index contributed by atoms with van der Waals surface area (Å²) in [5.74, 6) is 0.817. The maximum absolute atomic E-state index is 12.2. The maximum atomic E-state index is 12.2. The quantitative estimate of drug-likeness (QED) is 0.688. The number of sulfone groups is 1. The van der Waals surface area contributed by atoms with Crippen LogP contribution in [-0.4, -0.2) is 40.9 Å². The lowest BCUT2D eigenvalue weighted by molar-refractivity contribution is 0.315. The van der Waals surface area contributed by atoms with E-state index in [1.807, 2.05) is 37.4 Å². The molecule has 1 fully saturated rings. The van der Waals surface area contributed by atoms with E-state index in [0.717, 1.165) is 35.3 Å². The second kappa shape index (κ2) is 10.4. The molecule has 1 aliphatic carbocycles. The summed E-state index contributed by atoms with van der Waals surface area (Å²) in [5, 5.41) is 7.02. The third kappa shape index (κ3) is 5.95. The minimum atomic E-state index is -3.30. The molecule has 2 aromatic rings. The van der Waals surface area contributed by atoms with Gasteiger partial charge >= 0.3 is 0 Å². The first-order valence-electron chi connectivity index (χ1n) is 9.79. The smallest absolute Gasteiger partial charge is 0.176 e. The molecule has 2 aromatic carbocycles. The first kappa shape index (κ1) is 23.7. The van der Waals surface area contributed by atoms with Gasteiger partial charge in [-0.05, 0) is 56.5 Å². The van der Waals surface area contributed by atoms with Gasteiger partial charge in [0, 0.05) is 36.0 Å². The zero-order valence-corrected chi connectivity index (χ0v) is 18.9. The lowest BCUT2D eigenvalue weighted by Gasteiger charge is -2.29. The van der Waals surface area contributed by atoms with Crippen molar-refractivity contribution in [1.29, 1.82) is 0 Å². The van der Waals surface area contributed by atoms with E-state index >= 15 is 0 Å². The van der Waals surface area contributed by atoms with E-state index in [0.29, 0.717) is 23.5 Å². The van der Waals surface area contributed by atoms with Gasteiger partial charge in [0.15, 0.2) is 9.84 Å². The number of rotatable bonds is 7. The lowest BCUT2D eigenvalue weighted by atomic mass is 9.91. The first-order chi connectivity index (χ1) is 13.4. The van der Waals surface area contributed by atoms with Crippen LogP contribution in [0, 0.1) is 0 Å². The van der Waals surface area contributed by atoms with Crippen LogP contribution in [0.15, 0.2) is 47.4 Å². The third-order valence-corrected chi connectivity index (χ3v) is 6.75. The van der Waals surface area contributed by atoms with Crippen molar-refractivity contribution in [3.8, 4) is 16.9 Å². The van der Waals surface area contributed by atoms with Gasteiger partial charge in [0.2, 0.25) is 0 Å². The summed E-state index contributed by atoms with van der Waals surface area (Å²) in [4.78, 5) is 0.351. The fraction of sp³-hybridized carbons (Fsp3) is 0.455. The van der Waals surface area contributed by atoms with Crippen molar-refractivity contribution in [1.82, 2.24) is 10.6 Å². The van der Waals surface area contributed by atoms with Gasteiger partial charge < -0.3 is 15.4 Å². The molecule has 29 heavy (non-hydrogen) atoms. The molecule has 0 unspecified atom stereocenters. The molecule has 1 aliphatic rings. The monoisotopic (exact) mass is 438 g/mol. The average molecular weight is 439 g/mol. The Bertz CT molecular complexity index is 910. The fourth-order valence-electron chi connectivity index (χ4n) is 3.95. The minimum absolute atomic E-state index is 0. The van der Waals surface area contributed by atoms with Crippen molar-refractivity contribution in [2.45, 2.75) is 49.2 Å². The summed E-state index contributed by atoms with van der Waals surface area (Å²) in [7, 11) is 0.398. The van der Waals surface area contributed by atoms with Crippen molar-refractivity contribution in [2.24, 2.45) is 0 Å². The van der Waals surface area contributed by atoms with Gasteiger partial charge in [0.1, 0.15) is 5.75 Å². The molecule has 7 heteroatoms. The summed E-state index contributed by atoms with van der Waals surface area (Å²) in [5.41, 5.74) is 2.65. The lowest BCUT2D eigenvalue weighted by Crippen LogP contribution is -2.38. The topological polar surface area (TPSA) is 67.4 Å². The molecule has 0 amide bonds. The molecule has 160 valence electrons. The van der Waals surface area contributed by atoms with E-state index < -0.39 is 9.84 Å². The average Bonchev–Trinajstić information content (AvgIpc) is 2.71. The van der Waals surface area contributed by atoms with Crippen LogP contribution in [0.25, 0.3) is 11.1 Å². The zero-order chi connectivity index (χ0) is 20.1. The third-order valence-electron chi connectivity index (χ3n) is 5.59. The molecule has 0 saturated heterocycles. The van der Waals surface area contributed by atoms with Crippen molar-refractivity contribution in [2.75, 3.05) is 20.4 Å². The molecule has 0 bridgehead atoms. The van der Waals surface area contributed by atoms with E-state index in [4.69, 9.17) is 4.74 Å². The van der Waals surface area contributed by atoms with Crippen LogP contribution in [0.4, 0.5) is 0 Å². The number of hydrogen-bond acceptors (Lipinski definition) is 5. The van der Waals surface area contributed by atoms with Gasteiger partial charge in [0.05, 0.1) is 12.0 Å². The Hall–Kier alpha value is -1.60. The molecule has 0 radical (unpaired) electrons. The van der Waals surface area contributed by atoms with Crippen LogP contribution in [0.3, 0.4) is 0 Å². The maximum Gasteiger partial charge on any atom is 0.176 e. The van der Waals surface area contributed by atoms with Crippen molar-refractivity contribution < 1.29 is 13.2 Å². The molecule has 2 N–H and O–H groups in total. The molecule has 0 aromatic heterocycles. The molecular formula is C22H31ClN2O3S. The summed E-state index contributed by atoms with van der Waals surface area (Å²) >= 11 is 0. The van der Waals surface area contributed by atoms with E-state index in [1.54, 1.807) is 19.2 Å². The van der Waals surface area contributed by atoms with Crippen LogP contribution >= 0.6 is 12.4 Å². The van der Waals surface area contributed by atoms with Crippen LogP contribution in [0.5, 0.6) is 5.75 Å². The summed E-state index contributed by atoms with van der Waals surface area (Å²) < 4.78 is 29.9. The van der Waals surface area contributed by atoms with Crippen LogP contribution in [0.2, 0.25) is 0 Å². The summed E-state index contributed by atoms with van der Waals surface area (Å²) in [6.07, 6.45) is 5.94. The zero-order valence-electron chi connectivity index (χ0n) is 17.3. The van der Waals surface area contributed by atoms with Gasteiger partial charge in [-0.1, -0.05) is 24.3 Å². The second-order valence-corrected chi connectivity index (χ2v) is 9.50. The number of benzene rings is 2. The normalized spacial score (nSPS) is 19.4. The second-order valence-electron chi connectivity index (χ2n) is 7.51. The minimum Gasteiger partial charge on any atom is -0.496 e. The molecular weight excluding hydrogens is 408 g/mol. The summed E-state index contributed by atoms with van der Waals surface area (Å²) in [6.45, 7) is 0.701. The van der Waals surface area contributed by atoms with Gasteiger partial charge in [-0.25, -0.2) is 8.42 Å². The number of halogens is 1.